The summed E-state index contributed by atoms with van der Waals surface area (Å²) in [5.41, 5.74) is 0.661. The van der Waals surface area contributed by atoms with Crippen LogP contribution in [0.1, 0.15) is 0 Å². The summed E-state index contributed by atoms with van der Waals surface area (Å²) in [5.74, 6) is -0.725. The van der Waals surface area contributed by atoms with E-state index in [9.17, 15) is 13.2 Å². The van der Waals surface area contributed by atoms with Crippen LogP contribution in [-0.4, -0.2) is 24.0 Å². The van der Waals surface area contributed by atoms with Crippen LogP contribution in [0.3, 0.4) is 0 Å². The fraction of sp³-hybridized carbons (Fsp3) is 0.125. The van der Waals surface area contributed by atoms with Gasteiger partial charge in [-0.2, -0.15) is 4.68 Å². The quantitative estimate of drug-likeness (QED) is 0.714. The summed E-state index contributed by atoms with van der Waals surface area (Å²) < 4.78 is 30.5. The van der Waals surface area contributed by atoms with Gasteiger partial charge in [-0.3, -0.25) is 0 Å². The molecule has 0 aliphatic heterocycles. The second kappa shape index (κ2) is 6.21. The average molecular weight is 330 g/mol. The first-order valence-corrected chi connectivity index (χ1v) is 8.63. The number of hydrogen-bond acceptors (Lipinski definition) is 5. The predicted molar refractivity (Wildman–Crippen MR) is 84.7 cm³/mol. The van der Waals surface area contributed by atoms with Gasteiger partial charge in [0.1, 0.15) is 0 Å². The Bertz CT molecular complexity index is 945. The van der Waals surface area contributed by atoms with Crippen molar-refractivity contribution in [2.24, 2.45) is 0 Å². The van der Waals surface area contributed by atoms with E-state index in [1.165, 1.54) is 12.1 Å². The Hall–Kier alpha value is -2.67. The van der Waals surface area contributed by atoms with Gasteiger partial charge in [0.2, 0.25) is 5.89 Å². The van der Waals surface area contributed by atoms with Gasteiger partial charge >= 0.3 is 5.76 Å². The van der Waals surface area contributed by atoms with E-state index in [1.807, 2.05) is 6.07 Å². The van der Waals surface area contributed by atoms with Crippen LogP contribution < -0.4 is 5.76 Å². The van der Waals surface area contributed by atoms with Crippen molar-refractivity contribution in [1.82, 2.24) is 9.78 Å². The number of aryl methyl sites for hydroxylation is 1. The Morgan fingerprint density at radius 1 is 0.957 bits per heavy atom. The molecule has 3 rings (SSSR count). The van der Waals surface area contributed by atoms with Crippen LogP contribution in [0.15, 0.2) is 74.8 Å². The molecule has 23 heavy (non-hydrogen) atoms. The van der Waals surface area contributed by atoms with Crippen molar-refractivity contribution >= 4 is 9.84 Å². The molecule has 2 aromatic carbocycles. The van der Waals surface area contributed by atoms with E-state index in [2.05, 4.69) is 5.10 Å². The fourth-order valence-corrected chi connectivity index (χ4v) is 3.32. The van der Waals surface area contributed by atoms with Crippen LogP contribution in [-0.2, 0) is 16.4 Å². The molecule has 0 radical (unpaired) electrons. The number of hydrogen-bond donors (Lipinski definition) is 0. The van der Waals surface area contributed by atoms with Gasteiger partial charge in [0, 0.05) is 5.56 Å². The lowest BCUT2D eigenvalue weighted by Crippen LogP contribution is -2.21. The van der Waals surface area contributed by atoms with E-state index < -0.39 is 15.6 Å². The van der Waals surface area contributed by atoms with Crippen LogP contribution in [0.4, 0.5) is 0 Å². The summed E-state index contributed by atoms with van der Waals surface area (Å²) >= 11 is 0. The standard InChI is InChI=1S/C16H14N2O4S/c19-16-18(17-15(22-16)13-7-3-1-4-8-13)11-12-23(20,21)14-9-5-2-6-10-14/h1-10H,11-12H2. The molecule has 7 heteroatoms. The maximum Gasteiger partial charge on any atom is 0.437 e. The van der Waals surface area contributed by atoms with Crippen LogP contribution in [0.25, 0.3) is 11.5 Å². The van der Waals surface area contributed by atoms with Crippen molar-refractivity contribution in [3.63, 3.8) is 0 Å². The van der Waals surface area contributed by atoms with E-state index in [4.69, 9.17) is 4.42 Å². The number of sulfone groups is 1. The second-order valence-corrected chi connectivity index (χ2v) is 7.00. The highest BCUT2D eigenvalue weighted by molar-refractivity contribution is 7.91. The van der Waals surface area contributed by atoms with Gasteiger partial charge in [0.05, 0.1) is 17.2 Å². The van der Waals surface area contributed by atoms with E-state index in [0.717, 1.165) is 4.68 Å². The van der Waals surface area contributed by atoms with Crippen LogP contribution in [0, 0.1) is 0 Å². The highest BCUT2D eigenvalue weighted by atomic mass is 32.2. The zero-order valence-corrected chi connectivity index (χ0v) is 12.9. The van der Waals surface area contributed by atoms with E-state index >= 15 is 0 Å². The molecule has 0 spiro atoms. The minimum atomic E-state index is -3.47. The molecule has 0 saturated carbocycles. The Morgan fingerprint density at radius 3 is 2.22 bits per heavy atom. The van der Waals surface area contributed by atoms with Crippen LogP contribution in [0.2, 0.25) is 0 Å². The molecular formula is C16H14N2O4S. The fourth-order valence-electron chi connectivity index (χ4n) is 2.10. The number of rotatable bonds is 5. The van der Waals surface area contributed by atoms with Crippen molar-refractivity contribution in [2.75, 3.05) is 5.75 Å². The Balaban J connectivity index is 1.80. The number of benzene rings is 2. The predicted octanol–water partition coefficient (Wildman–Crippen LogP) is 1.98. The average Bonchev–Trinajstić information content (AvgIpc) is 2.96. The van der Waals surface area contributed by atoms with E-state index in [0.29, 0.717) is 5.56 Å². The van der Waals surface area contributed by atoms with Crippen LogP contribution in [0.5, 0.6) is 0 Å². The smallest absolute Gasteiger partial charge is 0.388 e. The minimum Gasteiger partial charge on any atom is -0.388 e. The molecule has 0 unspecified atom stereocenters. The van der Waals surface area contributed by atoms with Crippen molar-refractivity contribution < 1.29 is 12.8 Å². The Kier molecular flexibility index (Phi) is 4.12. The molecule has 0 saturated heterocycles. The first-order chi connectivity index (χ1) is 11.1. The molecule has 0 amide bonds. The molecule has 1 heterocycles. The summed E-state index contributed by atoms with van der Waals surface area (Å²) in [5, 5.41) is 4.05. The topological polar surface area (TPSA) is 82.2 Å². The molecule has 0 aliphatic rings. The molecule has 3 aromatic rings. The summed E-state index contributed by atoms with van der Waals surface area (Å²) in [6, 6.07) is 17.1. The largest absolute Gasteiger partial charge is 0.437 e. The Labute approximate surface area is 132 Å². The van der Waals surface area contributed by atoms with Gasteiger partial charge in [-0.1, -0.05) is 36.4 Å². The van der Waals surface area contributed by atoms with Gasteiger partial charge in [-0.25, -0.2) is 13.2 Å². The molecule has 6 nitrogen and oxygen atoms in total. The van der Waals surface area contributed by atoms with Crippen molar-refractivity contribution in [1.29, 1.82) is 0 Å². The third-order valence-electron chi connectivity index (χ3n) is 3.30. The zero-order valence-electron chi connectivity index (χ0n) is 12.1. The zero-order chi connectivity index (χ0) is 16.3. The Morgan fingerprint density at radius 2 is 1.57 bits per heavy atom. The van der Waals surface area contributed by atoms with E-state index in [1.54, 1.807) is 42.5 Å². The van der Waals surface area contributed by atoms with Gasteiger partial charge in [0.25, 0.3) is 0 Å². The van der Waals surface area contributed by atoms with E-state index in [-0.39, 0.29) is 23.1 Å². The highest BCUT2D eigenvalue weighted by Gasteiger charge is 2.16. The summed E-state index contributed by atoms with van der Waals surface area (Å²) in [6.07, 6.45) is 0. The van der Waals surface area contributed by atoms with Crippen molar-refractivity contribution in [3.8, 4) is 11.5 Å². The second-order valence-electron chi connectivity index (χ2n) is 4.89. The summed E-state index contributed by atoms with van der Waals surface area (Å²) in [4.78, 5) is 12.0. The molecule has 0 bridgehead atoms. The third kappa shape index (κ3) is 3.40. The molecule has 0 atom stereocenters. The van der Waals surface area contributed by atoms with Crippen LogP contribution >= 0.6 is 0 Å². The number of aromatic nitrogens is 2. The minimum absolute atomic E-state index is 0.0631. The molecule has 0 fully saturated rings. The molecule has 0 aliphatic carbocycles. The molecule has 0 N–H and O–H groups in total. The van der Waals surface area contributed by atoms with Gasteiger partial charge in [0.15, 0.2) is 9.84 Å². The van der Waals surface area contributed by atoms with Crippen molar-refractivity contribution in [3.05, 3.63) is 71.2 Å². The lowest BCUT2D eigenvalue weighted by Gasteiger charge is -2.03. The highest BCUT2D eigenvalue weighted by Crippen LogP contribution is 2.14. The first kappa shape index (κ1) is 15.2. The summed E-state index contributed by atoms with van der Waals surface area (Å²) in [6.45, 7) is -0.0631. The SMILES string of the molecule is O=c1oc(-c2ccccc2)nn1CCS(=O)(=O)c1ccccc1. The maximum atomic E-state index is 12.2. The normalized spacial score (nSPS) is 11.5. The van der Waals surface area contributed by atoms with Gasteiger partial charge < -0.3 is 4.42 Å². The lowest BCUT2D eigenvalue weighted by atomic mass is 10.2. The van der Waals surface area contributed by atoms with Gasteiger partial charge in [-0.15, -0.1) is 5.10 Å². The lowest BCUT2D eigenvalue weighted by molar-refractivity contribution is 0.489. The molecule has 118 valence electrons. The van der Waals surface area contributed by atoms with Crippen molar-refractivity contribution in [2.45, 2.75) is 11.4 Å². The first-order valence-electron chi connectivity index (χ1n) is 6.97. The monoisotopic (exact) mass is 330 g/mol. The maximum absolute atomic E-state index is 12.2. The summed E-state index contributed by atoms with van der Waals surface area (Å²) in [7, 11) is -3.47. The van der Waals surface area contributed by atoms with Gasteiger partial charge in [-0.05, 0) is 24.3 Å². The number of nitrogens with zero attached hydrogens (tertiary/aromatic N) is 2. The molecular weight excluding hydrogens is 316 g/mol. The molecule has 1 aromatic heterocycles. The third-order valence-corrected chi connectivity index (χ3v) is 5.01.